The lowest BCUT2D eigenvalue weighted by molar-refractivity contribution is 0.708. The first kappa shape index (κ1) is 17.4. The quantitative estimate of drug-likeness (QED) is 0.719. The number of benzene rings is 1. The number of nitriles is 1. The van der Waals surface area contributed by atoms with E-state index in [1.54, 1.807) is 0 Å². The van der Waals surface area contributed by atoms with Crippen LogP contribution in [0.4, 0.5) is 5.82 Å². The summed E-state index contributed by atoms with van der Waals surface area (Å²) in [6, 6.07) is 6.01. The van der Waals surface area contributed by atoms with Crippen molar-refractivity contribution in [3.05, 3.63) is 55.2 Å². The number of nitrogen functional groups attached to an aromatic ring is 1. The maximum atomic E-state index is 12.9. The second kappa shape index (κ2) is 5.85. The van der Waals surface area contributed by atoms with Crippen molar-refractivity contribution >= 4 is 16.9 Å². The molecule has 0 bridgehead atoms. The first-order chi connectivity index (χ1) is 12.2. The summed E-state index contributed by atoms with van der Waals surface area (Å²) in [5, 5.41) is 9.89. The van der Waals surface area contributed by atoms with Gasteiger partial charge in [-0.1, -0.05) is 12.1 Å². The van der Waals surface area contributed by atoms with Crippen LogP contribution >= 0.6 is 0 Å². The molecule has 132 valence electrons. The first-order valence-electron chi connectivity index (χ1n) is 8.06. The van der Waals surface area contributed by atoms with E-state index in [-0.39, 0.29) is 22.4 Å². The standard InChI is InChI=1S/C19H19N5O2/c1-9-6-11(3)12(7-10(9)2)14-13(8-20)16(21)22-17-15(14)18(25)24(5)19(26)23(17)4/h6-7H,1-5H3,(H2,21,22). The van der Waals surface area contributed by atoms with Crippen LogP contribution in [0.3, 0.4) is 0 Å². The van der Waals surface area contributed by atoms with Gasteiger partial charge in [0, 0.05) is 19.7 Å². The molecule has 0 radical (unpaired) electrons. The highest BCUT2D eigenvalue weighted by molar-refractivity contribution is 5.98. The third-order valence-electron chi connectivity index (χ3n) is 4.84. The molecule has 7 heteroatoms. The van der Waals surface area contributed by atoms with Gasteiger partial charge in [-0.05, 0) is 43.0 Å². The minimum absolute atomic E-state index is 0.00381. The Hall–Kier alpha value is -3.40. The van der Waals surface area contributed by atoms with Crippen molar-refractivity contribution in [3.8, 4) is 17.2 Å². The summed E-state index contributed by atoms with van der Waals surface area (Å²) in [6.07, 6.45) is 0. The van der Waals surface area contributed by atoms with Crippen LogP contribution in [-0.4, -0.2) is 14.1 Å². The van der Waals surface area contributed by atoms with Gasteiger partial charge in [0.05, 0.1) is 5.39 Å². The van der Waals surface area contributed by atoms with Crippen molar-refractivity contribution in [2.45, 2.75) is 20.8 Å². The molecule has 2 aromatic heterocycles. The zero-order chi connectivity index (χ0) is 19.3. The second-order valence-electron chi connectivity index (χ2n) is 6.51. The molecule has 0 unspecified atom stereocenters. The fraction of sp³-hybridized carbons (Fsp3) is 0.263. The summed E-state index contributed by atoms with van der Waals surface area (Å²) in [6.45, 7) is 5.88. The smallest absolute Gasteiger partial charge is 0.332 e. The van der Waals surface area contributed by atoms with Crippen molar-refractivity contribution in [3.63, 3.8) is 0 Å². The minimum atomic E-state index is -0.500. The molecule has 0 aliphatic heterocycles. The highest BCUT2D eigenvalue weighted by Crippen LogP contribution is 2.34. The van der Waals surface area contributed by atoms with Gasteiger partial charge in [-0.3, -0.25) is 13.9 Å². The zero-order valence-electron chi connectivity index (χ0n) is 15.3. The van der Waals surface area contributed by atoms with Gasteiger partial charge in [0.15, 0.2) is 5.65 Å². The number of aromatic nitrogens is 3. The van der Waals surface area contributed by atoms with Crippen LogP contribution in [0, 0.1) is 32.1 Å². The van der Waals surface area contributed by atoms with E-state index in [4.69, 9.17) is 5.73 Å². The Morgan fingerprint density at radius 1 is 1.04 bits per heavy atom. The number of nitrogens with zero attached hydrogens (tertiary/aromatic N) is 4. The molecule has 0 saturated carbocycles. The van der Waals surface area contributed by atoms with Crippen LogP contribution in [0.2, 0.25) is 0 Å². The number of rotatable bonds is 1. The average Bonchev–Trinajstić information content (AvgIpc) is 2.60. The molecule has 0 spiro atoms. The van der Waals surface area contributed by atoms with Crippen LogP contribution in [0.15, 0.2) is 21.7 Å². The minimum Gasteiger partial charge on any atom is -0.383 e. The van der Waals surface area contributed by atoms with E-state index < -0.39 is 11.2 Å². The van der Waals surface area contributed by atoms with E-state index in [1.807, 2.05) is 32.9 Å². The number of nitrogens with two attached hydrogens (primary N) is 1. The van der Waals surface area contributed by atoms with Crippen molar-refractivity contribution in [2.75, 3.05) is 5.73 Å². The summed E-state index contributed by atoms with van der Waals surface area (Å²) in [7, 11) is 2.93. The molecule has 3 rings (SSSR count). The van der Waals surface area contributed by atoms with Gasteiger partial charge < -0.3 is 5.73 Å². The molecular formula is C19H19N5O2. The molecule has 0 aliphatic rings. The lowest BCUT2D eigenvalue weighted by atomic mass is 9.91. The zero-order valence-corrected chi connectivity index (χ0v) is 15.3. The molecule has 0 atom stereocenters. The first-order valence-corrected chi connectivity index (χ1v) is 8.06. The van der Waals surface area contributed by atoms with E-state index in [2.05, 4.69) is 11.1 Å². The van der Waals surface area contributed by atoms with Crippen molar-refractivity contribution in [1.29, 1.82) is 5.26 Å². The van der Waals surface area contributed by atoms with Gasteiger partial charge in [0.25, 0.3) is 5.56 Å². The van der Waals surface area contributed by atoms with E-state index in [1.165, 1.54) is 18.7 Å². The van der Waals surface area contributed by atoms with Gasteiger partial charge in [-0.2, -0.15) is 5.26 Å². The van der Waals surface area contributed by atoms with E-state index in [0.717, 1.165) is 26.8 Å². The van der Waals surface area contributed by atoms with Crippen molar-refractivity contribution in [2.24, 2.45) is 14.1 Å². The number of hydrogen-bond donors (Lipinski definition) is 1. The maximum Gasteiger partial charge on any atom is 0.332 e. The topological polar surface area (TPSA) is 107 Å². The summed E-state index contributed by atoms with van der Waals surface area (Å²) < 4.78 is 2.29. The SMILES string of the molecule is Cc1cc(C)c(-c2c(C#N)c(N)nc3c2c(=O)n(C)c(=O)n3C)cc1C. The molecule has 0 saturated heterocycles. The third kappa shape index (κ3) is 2.30. The Morgan fingerprint density at radius 2 is 1.65 bits per heavy atom. The number of hydrogen-bond acceptors (Lipinski definition) is 5. The molecule has 0 amide bonds. The van der Waals surface area contributed by atoms with Crippen LogP contribution in [0.1, 0.15) is 22.3 Å². The largest absolute Gasteiger partial charge is 0.383 e. The number of anilines is 1. The van der Waals surface area contributed by atoms with Gasteiger partial charge in [-0.15, -0.1) is 0 Å². The fourth-order valence-corrected chi connectivity index (χ4v) is 3.22. The highest BCUT2D eigenvalue weighted by atomic mass is 16.2. The Kier molecular flexibility index (Phi) is 3.92. The Morgan fingerprint density at radius 3 is 2.27 bits per heavy atom. The summed E-state index contributed by atoms with van der Waals surface area (Å²) in [4.78, 5) is 29.3. The summed E-state index contributed by atoms with van der Waals surface area (Å²) in [5.74, 6) is -0.00381. The second-order valence-corrected chi connectivity index (χ2v) is 6.51. The monoisotopic (exact) mass is 349 g/mol. The lowest BCUT2D eigenvalue weighted by Crippen LogP contribution is -2.37. The van der Waals surface area contributed by atoms with Crippen molar-refractivity contribution in [1.82, 2.24) is 14.1 Å². The highest BCUT2D eigenvalue weighted by Gasteiger charge is 2.22. The van der Waals surface area contributed by atoms with Crippen LogP contribution in [0.5, 0.6) is 0 Å². The van der Waals surface area contributed by atoms with Crippen LogP contribution in [0.25, 0.3) is 22.2 Å². The maximum absolute atomic E-state index is 12.9. The Bertz CT molecular complexity index is 1240. The molecule has 1 aromatic carbocycles. The van der Waals surface area contributed by atoms with Crippen LogP contribution < -0.4 is 17.0 Å². The van der Waals surface area contributed by atoms with Gasteiger partial charge in [0.1, 0.15) is 17.5 Å². The number of aryl methyl sites for hydroxylation is 4. The molecule has 2 heterocycles. The predicted octanol–water partition coefficient (Wildman–Crippen LogP) is 1.68. The lowest BCUT2D eigenvalue weighted by Gasteiger charge is -2.16. The third-order valence-corrected chi connectivity index (χ3v) is 4.84. The van der Waals surface area contributed by atoms with E-state index >= 15 is 0 Å². The average molecular weight is 349 g/mol. The summed E-state index contributed by atoms with van der Waals surface area (Å²) >= 11 is 0. The Balaban J connectivity index is 2.70. The van der Waals surface area contributed by atoms with E-state index in [0.29, 0.717) is 5.56 Å². The normalized spacial score (nSPS) is 10.9. The molecule has 3 aromatic rings. The van der Waals surface area contributed by atoms with Gasteiger partial charge in [0.2, 0.25) is 0 Å². The predicted molar refractivity (Wildman–Crippen MR) is 101 cm³/mol. The summed E-state index contributed by atoms with van der Waals surface area (Å²) in [5.41, 5.74) is 9.51. The molecule has 7 nitrogen and oxygen atoms in total. The molecular weight excluding hydrogens is 330 g/mol. The van der Waals surface area contributed by atoms with Gasteiger partial charge >= 0.3 is 5.69 Å². The molecule has 0 aliphatic carbocycles. The Labute approximate surface area is 149 Å². The van der Waals surface area contributed by atoms with Crippen molar-refractivity contribution < 1.29 is 0 Å². The molecule has 26 heavy (non-hydrogen) atoms. The fourth-order valence-electron chi connectivity index (χ4n) is 3.22. The molecule has 2 N–H and O–H groups in total. The van der Waals surface area contributed by atoms with Crippen LogP contribution in [-0.2, 0) is 14.1 Å². The number of pyridine rings is 1. The van der Waals surface area contributed by atoms with E-state index in [9.17, 15) is 14.9 Å². The number of fused-ring (bicyclic) bond motifs is 1. The van der Waals surface area contributed by atoms with Gasteiger partial charge in [-0.25, -0.2) is 9.78 Å². The molecule has 0 fully saturated rings.